The number of hydrogen-bond acceptors (Lipinski definition) is 3. The first-order valence-corrected chi connectivity index (χ1v) is 6.60. The van der Waals surface area contributed by atoms with Gasteiger partial charge in [0.2, 0.25) is 0 Å². The Hall–Kier alpha value is -2.36. The molecular weight excluding hydrogens is 254 g/mol. The summed E-state index contributed by atoms with van der Waals surface area (Å²) in [6, 6.07) is 14.5. The average Bonchev–Trinajstić information content (AvgIpc) is 2.46. The van der Waals surface area contributed by atoms with E-state index in [-0.39, 0.29) is 4.92 Å². The van der Waals surface area contributed by atoms with Crippen molar-refractivity contribution in [1.82, 2.24) is 0 Å². The molecule has 0 N–H and O–H groups in total. The first-order valence-electron chi connectivity index (χ1n) is 6.60. The van der Waals surface area contributed by atoms with E-state index in [0.717, 1.165) is 22.4 Å². The van der Waals surface area contributed by atoms with Crippen LogP contribution >= 0.6 is 0 Å². The third-order valence-corrected chi connectivity index (χ3v) is 3.77. The Morgan fingerprint density at radius 1 is 1.15 bits per heavy atom. The van der Waals surface area contributed by atoms with Crippen LogP contribution in [0, 0.1) is 17.0 Å². The predicted molar refractivity (Wildman–Crippen MR) is 75.5 cm³/mol. The molecule has 1 heterocycles. The van der Waals surface area contributed by atoms with Crippen LogP contribution in [0.3, 0.4) is 0 Å². The summed E-state index contributed by atoms with van der Waals surface area (Å²) in [7, 11) is 0. The molecule has 0 bridgehead atoms. The van der Waals surface area contributed by atoms with Gasteiger partial charge in [0.25, 0.3) is 6.04 Å². The quantitative estimate of drug-likeness (QED) is 0.620. The van der Waals surface area contributed by atoms with E-state index < -0.39 is 12.1 Å². The summed E-state index contributed by atoms with van der Waals surface area (Å²) in [5, 5.41) is 11.4. The summed E-state index contributed by atoms with van der Waals surface area (Å²) >= 11 is 0. The minimum absolute atomic E-state index is 0.229. The summed E-state index contributed by atoms with van der Waals surface area (Å²) in [6.45, 7) is 1.95. The van der Waals surface area contributed by atoms with Gasteiger partial charge in [-0.25, -0.2) is 0 Å². The molecule has 0 amide bonds. The number of ether oxygens (including phenoxy) is 1. The van der Waals surface area contributed by atoms with Crippen LogP contribution in [0.2, 0.25) is 0 Å². The van der Waals surface area contributed by atoms with Crippen molar-refractivity contribution in [3.05, 3.63) is 75.3 Å². The maximum absolute atomic E-state index is 11.4. The number of benzene rings is 2. The van der Waals surface area contributed by atoms with Crippen molar-refractivity contribution in [3.63, 3.8) is 0 Å². The predicted octanol–water partition coefficient (Wildman–Crippen LogP) is 3.32. The van der Waals surface area contributed by atoms with Crippen molar-refractivity contribution in [2.75, 3.05) is 0 Å². The van der Waals surface area contributed by atoms with E-state index >= 15 is 0 Å². The molecule has 0 radical (unpaired) electrons. The van der Waals surface area contributed by atoms with Crippen molar-refractivity contribution in [3.8, 4) is 5.75 Å². The monoisotopic (exact) mass is 269 g/mol. The SMILES string of the molecule is Cc1ccccc1[C@@H]1Oc2ccccc2C[C@@H]1[N+](=O)[O-]. The molecule has 1 aliphatic heterocycles. The molecule has 0 spiro atoms. The van der Waals surface area contributed by atoms with Gasteiger partial charge in [-0.2, -0.15) is 0 Å². The summed E-state index contributed by atoms with van der Waals surface area (Å²) in [4.78, 5) is 11.2. The van der Waals surface area contributed by atoms with E-state index in [2.05, 4.69) is 0 Å². The molecule has 4 nitrogen and oxygen atoms in total. The zero-order valence-corrected chi connectivity index (χ0v) is 11.2. The minimum Gasteiger partial charge on any atom is -0.478 e. The largest absolute Gasteiger partial charge is 0.478 e. The Morgan fingerprint density at radius 2 is 1.85 bits per heavy atom. The molecule has 0 fully saturated rings. The van der Waals surface area contributed by atoms with Gasteiger partial charge in [0, 0.05) is 22.5 Å². The van der Waals surface area contributed by atoms with Crippen molar-refractivity contribution >= 4 is 0 Å². The third kappa shape index (κ3) is 2.13. The van der Waals surface area contributed by atoms with Crippen LogP contribution in [0.5, 0.6) is 5.75 Å². The van der Waals surface area contributed by atoms with E-state index in [1.165, 1.54) is 0 Å². The number of para-hydroxylation sites is 1. The molecule has 20 heavy (non-hydrogen) atoms. The van der Waals surface area contributed by atoms with E-state index in [0.29, 0.717) is 6.42 Å². The Bertz CT molecular complexity index is 654. The summed E-state index contributed by atoms with van der Waals surface area (Å²) in [5.41, 5.74) is 2.81. The van der Waals surface area contributed by atoms with Gasteiger partial charge >= 0.3 is 0 Å². The molecule has 3 rings (SSSR count). The zero-order chi connectivity index (χ0) is 14.1. The lowest BCUT2D eigenvalue weighted by molar-refractivity contribution is -0.535. The number of fused-ring (bicyclic) bond motifs is 1. The highest BCUT2D eigenvalue weighted by Gasteiger charge is 2.40. The molecule has 0 saturated carbocycles. The fraction of sp³-hybridized carbons (Fsp3) is 0.250. The molecule has 0 unspecified atom stereocenters. The first kappa shape index (κ1) is 12.7. The number of nitrogens with zero attached hydrogens (tertiary/aromatic N) is 1. The summed E-state index contributed by atoms with van der Waals surface area (Å²) < 4.78 is 5.93. The maximum atomic E-state index is 11.4. The molecule has 2 atom stereocenters. The molecule has 2 aromatic rings. The number of hydrogen-bond donors (Lipinski definition) is 0. The van der Waals surface area contributed by atoms with Gasteiger partial charge in [-0.3, -0.25) is 10.1 Å². The van der Waals surface area contributed by atoms with Crippen LogP contribution in [0.15, 0.2) is 48.5 Å². The maximum Gasteiger partial charge on any atom is 0.257 e. The van der Waals surface area contributed by atoms with Crippen LogP contribution in [-0.4, -0.2) is 11.0 Å². The van der Waals surface area contributed by atoms with Crippen molar-refractivity contribution in [2.24, 2.45) is 0 Å². The fourth-order valence-corrected chi connectivity index (χ4v) is 2.70. The Morgan fingerprint density at radius 3 is 2.60 bits per heavy atom. The van der Waals surface area contributed by atoms with Crippen molar-refractivity contribution < 1.29 is 9.66 Å². The van der Waals surface area contributed by atoms with Gasteiger partial charge in [-0.05, 0) is 18.6 Å². The smallest absolute Gasteiger partial charge is 0.257 e. The van der Waals surface area contributed by atoms with Gasteiger partial charge in [-0.1, -0.05) is 42.5 Å². The lowest BCUT2D eigenvalue weighted by Gasteiger charge is -2.29. The molecule has 2 aromatic carbocycles. The zero-order valence-electron chi connectivity index (χ0n) is 11.2. The summed E-state index contributed by atoms with van der Waals surface area (Å²) in [6.07, 6.45) is -0.122. The number of aryl methyl sites for hydroxylation is 1. The van der Waals surface area contributed by atoms with Gasteiger partial charge < -0.3 is 4.74 Å². The van der Waals surface area contributed by atoms with Gasteiger partial charge in [-0.15, -0.1) is 0 Å². The third-order valence-electron chi connectivity index (χ3n) is 3.77. The topological polar surface area (TPSA) is 52.4 Å². The lowest BCUT2D eigenvalue weighted by Crippen LogP contribution is -2.37. The van der Waals surface area contributed by atoms with Crippen molar-refractivity contribution in [1.29, 1.82) is 0 Å². The Labute approximate surface area is 117 Å². The van der Waals surface area contributed by atoms with Crippen LogP contribution < -0.4 is 4.74 Å². The van der Waals surface area contributed by atoms with E-state index in [1.807, 2.05) is 55.5 Å². The second-order valence-electron chi connectivity index (χ2n) is 5.06. The molecule has 0 aliphatic carbocycles. The van der Waals surface area contributed by atoms with Gasteiger partial charge in [0.1, 0.15) is 5.75 Å². The van der Waals surface area contributed by atoms with Gasteiger partial charge in [0.05, 0.1) is 0 Å². The Balaban J connectivity index is 2.05. The minimum atomic E-state index is -0.744. The summed E-state index contributed by atoms with van der Waals surface area (Å²) in [5.74, 6) is 0.749. The average molecular weight is 269 g/mol. The lowest BCUT2D eigenvalue weighted by atomic mass is 9.91. The van der Waals surface area contributed by atoms with Gasteiger partial charge in [0.15, 0.2) is 6.10 Å². The molecule has 102 valence electrons. The van der Waals surface area contributed by atoms with E-state index in [1.54, 1.807) is 0 Å². The Kier molecular flexibility index (Phi) is 3.14. The molecule has 4 heteroatoms. The van der Waals surface area contributed by atoms with Crippen LogP contribution in [-0.2, 0) is 6.42 Å². The molecule has 0 saturated heterocycles. The molecule has 0 aromatic heterocycles. The number of rotatable bonds is 2. The number of nitro groups is 1. The van der Waals surface area contributed by atoms with E-state index in [9.17, 15) is 10.1 Å². The van der Waals surface area contributed by atoms with Crippen LogP contribution in [0.1, 0.15) is 22.8 Å². The van der Waals surface area contributed by atoms with Crippen LogP contribution in [0.25, 0.3) is 0 Å². The first-order chi connectivity index (χ1) is 9.66. The normalized spacial score (nSPS) is 20.9. The van der Waals surface area contributed by atoms with E-state index in [4.69, 9.17) is 4.74 Å². The fourth-order valence-electron chi connectivity index (χ4n) is 2.70. The molecular formula is C16H15NO3. The van der Waals surface area contributed by atoms with Crippen molar-refractivity contribution in [2.45, 2.75) is 25.5 Å². The molecule has 1 aliphatic rings. The second-order valence-corrected chi connectivity index (χ2v) is 5.06. The second kappa shape index (κ2) is 4.96. The standard InChI is InChI=1S/C16H15NO3/c1-11-6-2-4-8-13(11)16-14(17(18)19)10-12-7-3-5-9-15(12)20-16/h2-9,14,16H,10H2,1H3/t14-,16-/m0/s1. The highest BCUT2D eigenvalue weighted by atomic mass is 16.6. The highest BCUT2D eigenvalue weighted by molar-refractivity contribution is 5.39. The highest BCUT2D eigenvalue weighted by Crippen LogP contribution is 2.37. The van der Waals surface area contributed by atoms with Crippen LogP contribution in [0.4, 0.5) is 0 Å².